The maximum atomic E-state index is 5.43. The number of benzene rings is 1. The van der Waals surface area contributed by atoms with E-state index in [-0.39, 0.29) is 0 Å². The summed E-state index contributed by atoms with van der Waals surface area (Å²) >= 11 is 3.43. The fraction of sp³-hybridized carbons (Fsp3) is 0.294. The lowest BCUT2D eigenvalue weighted by molar-refractivity contribution is 0.400. The van der Waals surface area contributed by atoms with Gasteiger partial charge in [-0.15, -0.1) is 21.5 Å². The fourth-order valence-corrected chi connectivity index (χ4v) is 3.95. The Hall–Kier alpha value is -1.99. The molecule has 3 rings (SSSR count). The van der Waals surface area contributed by atoms with E-state index in [1.54, 1.807) is 43.6 Å². The van der Waals surface area contributed by atoms with Crippen LogP contribution in [0.5, 0.6) is 11.5 Å². The summed E-state index contributed by atoms with van der Waals surface area (Å²) in [6.45, 7) is 0.880. The van der Waals surface area contributed by atoms with Crippen LogP contribution in [0.2, 0.25) is 0 Å². The Kier molecular flexibility index (Phi) is 5.77. The lowest BCUT2D eigenvalue weighted by Crippen LogP contribution is -2.01. The highest BCUT2D eigenvalue weighted by molar-refractivity contribution is 7.98. The van der Waals surface area contributed by atoms with Crippen LogP contribution < -0.4 is 9.47 Å². The third kappa shape index (κ3) is 4.10. The first-order chi connectivity index (χ1) is 11.8. The van der Waals surface area contributed by atoms with Crippen LogP contribution in [0.1, 0.15) is 10.4 Å². The zero-order valence-electron chi connectivity index (χ0n) is 13.6. The largest absolute Gasteiger partial charge is 0.497 e. The summed E-state index contributed by atoms with van der Waals surface area (Å²) in [6, 6.07) is 10.1. The number of nitrogens with zero attached hydrogens (tertiary/aromatic N) is 3. The first-order valence-electron chi connectivity index (χ1n) is 7.54. The first-order valence-corrected chi connectivity index (χ1v) is 9.40. The minimum absolute atomic E-state index is 0.748. The molecule has 1 aromatic carbocycles. The van der Waals surface area contributed by atoms with Crippen molar-refractivity contribution in [3.63, 3.8) is 0 Å². The molecule has 0 saturated heterocycles. The number of thiophene rings is 1. The van der Waals surface area contributed by atoms with Gasteiger partial charge in [0.1, 0.15) is 17.8 Å². The van der Waals surface area contributed by atoms with E-state index in [0.29, 0.717) is 0 Å². The molecule has 0 N–H and O–H groups in total. The van der Waals surface area contributed by atoms with Gasteiger partial charge in [-0.25, -0.2) is 0 Å². The summed E-state index contributed by atoms with van der Waals surface area (Å²) in [4.78, 5) is 1.37. The van der Waals surface area contributed by atoms with Gasteiger partial charge >= 0.3 is 0 Å². The van der Waals surface area contributed by atoms with Gasteiger partial charge < -0.3 is 14.0 Å². The van der Waals surface area contributed by atoms with Crippen molar-refractivity contribution in [3.8, 4) is 11.5 Å². The molecule has 5 nitrogen and oxygen atoms in total. The molecule has 0 unspecified atom stereocenters. The average molecular weight is 361 g/mol. The predicted octanol–water partition coefficient (Wildman–Crippen LogP) is 3.89. The molecule has 3 aromatic rings. The lowest BCUT2D eigenvalue weighted by atomic mass is 10.2. The van der Waals surface area contributed by atoms with E-state index in [2.05, 4.69) is 32.3 Å². The average Bonchev–Trinajstić information content (AvgIpc) is 3.29. The maximum absolute atomic E-state index is 5.43. The first kappa shape index (κ1) is 16.9. The van der Waals surface area contributed by atoms with Gasteiger partial charge in [-0.1, -0.05) is 17.8 Å². The molecule has 0 spiro atoms. The Morgan fingerprint density at radius 1 is 1.21 bits per heavy atom. The summed E-state index contributed by atoms with van der Waals surface area (Å²) in [7, 11) is 3.35. The summed E-state index contributed by atoms with van der Waals surface area (Å²) in [6.07, 6.45) is 2.78. The third-order valence-electron chi connectivity index (χ3n) is 3.60. The van der Waals surface area contributed by atoms with Crippen molar-refractivity contribution in [2.24, 2.45) is 0 Å². The Balaban J connectivity index is 1.66. The van der Waals surface area contributed by atoms with Crippen molar-refractivity contribution < 1.29 is 9.47 Å². The van der Waals surface area contributed by atoms with Gasteiger partial charge in [0.15, 0.2) is 5.16 Å². The van der Waals surface area contributed by atoms with Gasteiger partial charge in [-0.2, -0.15) is 0 Å². The second-order valence-corrected chi connectivity index (χ2v) is 7.08. The number of methoxy groups -OCH3 is 2. The normalized spacial score (nSPS) is 10.8. The molecule has 0 aliphatic rings. The number of rotatable bonds is 8. The van der Waals surface area contributed by atoms with Crippen LogP contribution in [0.4, 0.5) is 0 Å². The molecular weight excluding hydrogens is 342 g/mol. The van der Waals surface area contributed by atoms with Crippen molar-refractivity contribution >= 4 is 23.1 Å². The lowest BCUT2D eigenvalue weighted by Gasteiger charge is -2.10. The number of ether oxygens (including phenoxy) is 2. The minimum Gasteiger partial charge on any atom is -0.497 e. The molecule has 0 amide bonds. The van der Waals surface area contributed by atoms with Crippen molar-refractivity contribution in [2.45, 2.75) is 23.9 Å². The van der Waals surface area contributed by atoms with Gasteiger partial charge in [-0.05, 0) is 36.1 Å². The molecule has 0 aliphatic carbocycles. The SMILES string of the molecule is COc1ccc(OC)c(CSc2nncn2CCc2cccs2)c1. The van der Waals surface area contributed by atoms with Crippen LogP contribution in [0.25, 0.3) is 0 Å². The highest BCUT2D eigenvalue weighted by atomic mass is 32.2. The van der Waals surface area contributed by atoms with Crippen LogP contribution in [-0.2, 0) is 18.7 Å². The molecule has 0 aliphatic heterocycles. The van der Waals surface area contributed by atoms with Gasteiger partial charge in [0.05, 0.1) is 14.2 Å². The second kappa shape index (κ2) is 8.21. The predicted molar refractivity (Wildman–Crippen MR) is 97.2 cm³/mol. The highest BCUT2D eigenvalue weighted by Crippen LogP contribution is 2.30. The monoisotopic (exact) mass is 361 g/mol. The van der Waals surface area contributed by atoms with Crippen molar-refractivity contribution in [3.05, 3.63) is 52.5 Å². The smallest absolute Gasteiger partial charge is 0.191 e. The van der Waals surface area contributed by atoms with Gasteiger partial charge in [0.2, 0.25) is 0 Å². The van der Waals surface area contributed by atoms with E-state index < -0.39 is 0 Å². The van der Waals surface area contributed by atoms with E-state index in [4.69, 9.17) is 9.47 Å². The summed E-state index contributed by atoms with van der Waals surface area (Å²) in [5, 5.41) is 11.3. The Morgan fingerprint density at radius 2 is 2.12 bits per heavy atom. The van der Waals surface area contributed by atoms with Crippen LogP contribution in [-0.4, -0.2) is 29.0 Å². The molecule has 2 aromatic heterocycles. The van der Waals surface area contributed by atoms with E-state index >= 15 is 0 Å². The summed E-state index contributed by atoms with van der Waals surface area (Å²) in [5.74, 6) is 2.43. The van der Waals surface area contributed by atoms with Crippen molar-refractivity contribution in [2.75, 3.05) is 14.2 Å². The topological polar surface area (TPSA) is 49.2 Å². The fourth-order valence-electron chi connectivity index (χ4n) is 2.33. The Bertz CT molecular complexity index is 772. The standard InChI is InChI=1S/C17H19N3O2S2/c1-21-14-5-6-16(22-2)13(10-14)11-24-17-19-18-12-20(17)8-7-15-4-3-9-23-15/h3-6,9-10,12H,7-8,11H2,1-2H3. The number of hydrogen-bond donors (Lipinski definition) is 0. The van der Waals surface area contributed by atoms with Crippen molar-refractivity contribution in [1.82, 2.24) is 14.8 Å². The van der Waals surface area contributed by atoms with Gasteiger partial charge in [-0.3, -0.25) is 0 Å². The molecule has 7 heteroatoms. The summed E-state index contributed by atoms with van der Waals surface area (Å²) in [5.41, 5.74) is 1.08. The maximum Gasteiger partial charge on any atom is 0.191 e. The summed E-state index contributed by atoms with van der Waals surface area (Å²) < 4.78 is 12.8. The molecular formula is C17H19N3O2S2. The molecule has 2 heterocycles. The van der Waals surface area contributed by atoms with E-state index in [0.717, 1.165) is 40.9 Å². The van der Waals surface area contributed by atoms with E-state index in [1.165, 1.54) is 4.88 Å². The number of aromatic nitrogens is 3. The zero-order valence-corrected chi connectivity index (χ0v) is 15.3. The third-order valence-corrected chi connectivity index (χ3v) is 5.57. The van der Waals surface area contributed by atoms with E-state index in [9.17, 15) is 0 Å². The molecule has 0 radical (unpaired) electrons. The Labute approximate surface area is 149 Å². The van der Waals surface area contributed by atoms with Gasteiger partial charge in [0, 0.05) is 22.7 Å². The number of aryl methyl sites for hydroxylation is 2. The van der Waals surface area contributed by atoms with Gasteiger partial charge in [0.25, 0.3) is 0 Å². The Morgan fingerprint density at radius 3 is 2.88 bits per heavy atom. The molecule has 0 bridgehead atoms. The number of hydrogen-bond acceptors (Lipinski definition) is 6. The molecule has 24 heavy (non-hydrogen) atoms. The van der Waals surface area contributed by atoms with E-state index in [1.807, 2.05) is 18.2 Å². The number of thioether (sulfide) groups is 1. The molecule has 126 valence electrons. The molecule has 0 fully saturated rings. The van der Waals surface area contributed by atoms with Crippen LogP contribution in [0.3, 0.4) is 0 Å². The zero-order chi connectivity index (χ0) is 16.8. The molecule has 0 saturated carbocycles. The van der Waals surface area contributed by atoms with Crippen LogP contribution >= 0.6 is 23.1 Å². The second-order valence-electron chi connectivity index (χ2n) is 5.10. The minimum atomic E-state index is 0.748. The quantitative estimate of drug-likeness (QED) is 0.570. The highest BCUT2D eigenvalue weighted by Gasteiger charge is 2.10. The van der Waals surface area contributed by atoms with Crippen LogP contribution in [0, 0.1) is 0 Å². The molecule has 0 atom stereocenters. The van der Waals surface area contributed by atoms with Crippen molar-refractivity contribution in [1.29, 1.82) is 0 Å². The van der Waals surface area contributed by atoms with Crippen LogP contribution in [0.15, 0.2) is 47.2 Å².